The molecule has 0 aliphatic rings. The Morgan fingerprint density at radius 1 is 1.38 bits per heavy atom. The lowest BCUT2D eigenvalue weighted by molar-refractivity contribution is -0.0923. The van der Waals surface area contributed by atoms with Gasteiger partial charge in [0.1, 0.15) is 5.70 Å². The van der Waals surface area contributed by atoms with Crippen molar-refractivity contribution in [2.45, 2.75) is 6.18 Å². The minimum Gasteiger partial charge on any atom is -0.369 e. The summed E-state index contributed by atoms with van der Waals surface area (Å²) in [5.41, 5.74) is -0.962. The maximum atomic E-state index is 12.1. The van der Waals surface area contributed by atoms with E-state index in [9.17, 15) is 13.2 Å². The topological polar surface area (TPSA) is 15.6 Å². The van der Waals surface area contributed by atoms with Gasteiger partial charge in [-0.25, -0.2) is 4.99 Å². The van der Waals surface area contributed by atoms with E-state index < -0.39 is 11.9 Å². The third-order valence-electron chi connectivity index (χ3n) is 0.994. The smallest absolute Gasteiger partial charge is 0.369 e. The van der Waals surface area contributed by atoms with Crippen molar-refractivity contribution in [3.8, 4) is 0 Å². The molecule has 0 amide bonds. The highest BCUT2D eigenvalue weighted by Gasteiger charge is 2.32. The predicted molar refractivity (Wildman–Crippen MR) is 46.5 cm³/mol. The molecule has 0 aromatic rings. The van der Waals surface area contributed by atoms with Gasteiger partial charge in [-0.2, -0.15) is 13.2 Å². The maximum Gasteiger partial charge on any atom is 0.433 e. The lowest BCUT2D eigenvalue weighted by Crippen LogP contribution is -2.13. The van der Waals surface area contributed by atoms with Gasteiger partial charge >= 0.3 is 6.18 Å². The highest BCUT2D eigenvalue weighted by Crippen LogP contribution is 2.26. The summed E-state index contributed by atoms with van der Waals surface area (Å²) in [6.07, 6.45) is -1.47. The molecule has 0 saturated carbocycles. The highest BCUT2D eigenvalue weighted by molar-refractivity contribution is 5.56. The Labute approximate surface area is 75.1 Å². The summed E-state index contributed by atoms with van der Waals surface area (Å²) in [4.78, 5) is 4.67. The van der Waals surface area contributed by atoms with E-state index in [0.29, 0.717) is 0 Å². The molecular formula is C8H11F3N2. The minimum absolute atomic E-state index is 0.819. The molecule has 0 unspecified atom stereocenters. The van der Waals surface area contributed by atoms with E-state index in [-0.39, 0.29) is 0 Å². The monoisotopic (exact) mass is 192 g/mol. The van der Waals surface area contributed by atoms with E-state index in [0.717, 1.165) is 18.5 Å². The molecule has 5 heteroatoms. The number of aliphatic imine (C=N–C) groups is 1. The van der Waals surface area contributed by atoms with Gasteiger partial charge in [-0.15, -0.1) is 0 Å². The van der Waals surface area contributed by atoms with Gasteiger partial charge in [0.05, 0.1) is 6.34 Å². The van der Waals surface area contributed by atoms with Crippen LogP contribution in [0.4, 0.5) is 13.2 Å². The molecule has 0 aliphatic carbocycles. The molecule has 0 fully saturated rings. The molecular weight excluding hydrogens is 181 g/mol. The molecule has 0 atom stereocenters. The summed E-state index contributed by atoms with van der Waals surface area (Å²) in [7, 11) is 3.18. The van der Waals surface area contributed by atoms with Crippen molar-refractivity contribution in [1.29, 1.82) is 0 Å². The summed E-state index contributed by atoms with van der Waals surface area (Å²) in [6, 6.07) is 0. The average Bonchev–Trinajstić information content (AvgIpc) is 1.95. The Bertz CT molecular complexity index is 226. The van der Waals surface area contributed by atoms with Crippen molar-refractivity contribution < 1.29 is 13.2 Å². The van der Waals surface area contributed by atoms with Crippen LogP contribution in [-0.2, 0) is 0 Å². The van der Waals surface area contributed by atoms with Crippen LogP contribution in [0.5, 0.6) is 0 Å². The van der Waals surface area contributed by atoms with Gasteiger partial charge in [0.15, 0.2) is 0 Å². The van der Waals surface area contributed by atoms with Crippen LogP contribution in [0.3, 0.4) is 0 Å². The van der Waals surface area contributed by atoms with E-state index in [1.807, 2.05) is 0 Å². The quantitative estimate of drug-likeness (QED) is 0.380. The van der Waals surface area contributed by atoms with Crippen LogP contribution in [0.25, 0.3) is 0 Å². The summed E-state index contributed by atoms with van der Waals surface area (Å²) in [5, 5.41) is 0. The van der Waals surface area contributed by atoms with E-state index in [2.05, 4.69) is 11.6 Å². The second kappa shape index (κ2) is 4.69. The lowest BCUT2D eigenvalue weighted by atomic mass is 10.4. The highest BCUT2D eigenvalue weighted by atomic mass is 19.4. The molecule has 0 radical (unpaired) electrons. The summed E-state index contributed by atoms with van der Waals surface area (Å²) in [6.45, 7) is 3.18. The largest absolute Gasteiger partial charge is 0.433 e. The van der Waals surface area contributed by atoms with Crippen LogP contribution in [0.2, 0.25) is 0 Å². The van der Waals surface area contributed by atoms with Crippen LogP contribution >= 0.6 is 0 Å². The van der Waals surface area contributed by atoms with Crippen molar-refractivity contribution in [2.24, 2.45) is 4.99 Å². The first-order valence-electron chi connectivity index (χ1n) is 3.48. The molecule has 0 saturated heterocycles. The Morgan fingerprint density at radius 2 is 1.92 bits per heavy atom. The van der Waals surface area contributed by atoms with Crippen LogP contribution in [-0.4, -0.2) is 31.5 Å². The first-order chi connectivity index (χ1) is 5.88. The van der Waals surface area contributed by atoms with Crippen molar-refractivity contribution in [3.63, 3.8) is 0 Å². The van der Waals surface area contributed by atoms with Gasteiger partial charge in [-0.05, 0) is 6.08 Å². The van der Waals surface area contributed by atoms with Crippen LogP contribution < -0.4 is 0 Å². The molecule has 74 valence electrons. The molecule has 0 bridgehead atoms. The van der Waals surface area contributed by atoms with Crippen molar-refractivity contribution in [3.05, 3.63) is 24.4 Å². The van der Waals surface area contributed by atoms with Gasteiger partial charge in [0.2, 0.25) is 0 Å². The molecule has 0 spiro atoms. The number of nitrogens with zero attached hydrogens (tertiary/aromatic N) is 2. The molecule has 0 rings (SSSR count). The zero-order chi connectivity index (χ0) is 10.5. The number of allylic oxidation sites excluding steroid dienone is 3. The SMILES string of the molecule is C=C/C=C(\N=C/N(C)C)C(F)(F)F. The first kappa shape index (κ1) is 11.7. The van der Waals surface area contributed by atoms with Crippen molar-refractivity contribution >= 4 is 6.34 Å². The van der Waals surface area contributed by atoms with Crippen molar-refractivity contribution in [2.75, 3.05) is 14.1 Å². The molecule has 0 aromatic heterocycles. The van der Waals surface area contributed by atoms with Gasteiger partial charge < -0.3 is 4.90 Å². The molecule has 2 nitrogen and oxygen atoms in total. The van der Waals surface area contributed by atoms with Gasteiger partial charge in [0.25, 0.3) is 0 Å². The van der Waals surface area contributed by atoms with E-state index >= 15 is 0 Å². The lowest BCUT2D eigenvalue weighted by Gasteiger charge is -2.07. The fourth-order valence-corrected chi connectivity index (χ4v) is 0.500. The third kappa shape index (κ3) is 5.05. The fourth-order valence-electron chi connectivity index (χ4n) is 0.500. The van der Waals surface area contributed by atoms with Gasteiger partial charge in [-0.1, -0.05) is 12.7 Å². The minimum atomic E-state index is -4.43. The predicted octanol–water partition coefficient (Wildman–Crippen LogP) is 2.21. The average molecular weight is 192 g/mol. The standard InChI is InChI=1S/C8H11F3N2/c1-4-5-7(8(9,10)11)12-6-13(2)3/h4-6H,1H2,2-3H3/b7-5-,12-6-. The Morgan fingerprint density at radius 3 is 2.23 bits per heavy atom. The number of halogens is 3. The summed E-state index contributed by atoms with van der Waals surface area (Å²) >= 11 is 0. The second-order valence-corrected chi connectivity index (χ2v) is 2.49. The maximum absolute atomic E-state index is 12.1. The normalized spacial score (nSPS) is 13.5. The number of hydrogen-bond donors (Lipinski definition) is 0. The molecule has 13 heavy (non-hydrogen) atoms. The number of alkyl halides is 3. The van der Waals surface area contributed by atoms with E-state index in [1.165, 1.54) is 4.90 Å². The van der Waals surface area contributed by atoms with Crippen molar-refractivity contribution in [1.82, 2.24) is 4.90 Å². The molecule has 0 aliphatic heterocycles. The van der Waals surface area contributed by atoms with Gasteiger partial charge in [0, 0.05) is 14.1 Å². The Kier molecular flexibility index (Phi) is 4.23. The first-order valence-corrected chi connectivity index (χ1v) is 3.48. The molecule has 0 aromatic carbocycles. The molecule has 0 heterocycles. The Hall–Kier alpha value is -1.26. The third-order valence-corrected chi connectivity index (χ3v) is 0.994. The number of hydrogen-bond acceptors (Lipinski definition) is 1. The fraction of sp³-hybridized carbons (Fsp3) is 0.375. The van der Waals surface area contributed by atoms with Crippen LogP contribution in [0, 0.1) is 0 Å². The van der Waals surface area contributed by atoms with E-state index in [4.69, 9.17) is 0 Å². The summed E-state index contributed by atoms with van der Waals surface area (Å²) in [5.74, 6) is 0. The van der Waals surface area contributed by atoms with Gasteiger partial charge in [-0.3, -0.25) is 0 Å². The Balaban J connectivity index is 4.65. The van der Waals surface area contributed by atoms with E-state index in [1.54, 1.807) is 14.1 Å². The van der Waals surface area contributed by atoms with Crippen LogP contribution in [0.1, 0.15) is 0 Å². The number of rotatable bonds is 3. The van der Waals surface area contributed by atoms with Crippen LogP contribution in [0.15, 0.2) is 29.4 Å². The zero-order valence-electron chi connectivity index (χ0n) is 7.47. The second-order valence-electron chi connectivity index (χ2n) is 2.49. The molecule has 0 N–H and O–H groups in total. The summed E-state index contributed by atoms with van der Waals surface area (Å²) < 4.78 is 36.3. The zero-order valence-corrected chi connectivity index (χ0v) is 7.47.